The first-order valence-electron chi connectivity index (χ1n) is 7.46. The first kappa shape index (κ1) is 14.7. The number of hydrogen-bond acceptors (Lipinski definition) is 3. The molecule has 2 amide bonds. The van der Waals surface area contributed by atoms with E-state index in [4.69, 9.17) is 23.2 Å². The summed E-state index contributed by atoms with van der Waals surface area (Å²) in [6.45, 7) is 0. The molecule has 1 N–H and O–H groups in total. The lowest BCUT2D eigenvalue weighted by Gasteiger charge is -2.35. The maximum Gasteiger partial charge on any atom is 0.322 e. The van der Waals surface area contributed by atoms with Crippen LogP contribution >= 0.6 is 23.2 Å². The highest BCUT2D eigenvalue weighted by Gasteiger charge is 2.43. The molecule has 2 bridgehead atoms. The van der Waals surface area contributed by atoms with Crippen molar-refractivity contribution in [2.24, 2.45) is 0 Å². The van der Waals surface area contributed by atoms with E-state index in [1.54, 1.807) is 24.5 Å². The number of amides is 2. The van der Waals surface area contributed by atoms with E-state index in [9.17, 15) is 4.79 Å². The van der Waals surface area contributed by atoms with Crippen molar-refractivity contribution in [2.45, 2.75) is 31.3 Å². The average molecular weight is 349 g/mol. The Morgan fingerprint density at radius 1 is 1.22 bits per heavy atom. The zero-order chi connectivity index (χ0) is 16.0. The van der Waals surface area contributed by atoms with Gasteiger partial charge in [-0.15, -0.1) is 0 Å². The largest absolute Gasteiger partial charge is 0.322 e. The van der Waals surface area contributed by atoms with Gasteiger partial charge in [0.25, 0.3) is 0 Å². The number of hydrogen-bond donors (Lipinski definition) is 1. The van der Waals surface area contributed by atoms with Gasteiger partial charge in [0.15, 0.2) is 0 Å². The van der Waals surface area contributed by atoms with Gasteiger partial charge in [-0.1, -0.05) is 23.2 Å². The van der Waals surface area contributed by atoms with E-state index < -0.39 is 0 Å². The van der Waals surface area contributed by atoms with Crippen LogP contribution in [0.1, 0.15) is 30.1 Å². The van der Waals surface area contributed by atoms with Crippen LogP contribution < -0.4 is 5.32 Å². The van der Waals surface area contributed by atoms with Crippen molar-refractivity contribution in [3.05, 3.63) is 52.0 Å². The quantitative estimate of drug-likeness (QED) is 0.844. The summed E-state index contributed by atoms with van der Waals surface area (Å²) in [4.78, 5) is 23.1. The van der Waals surface area contributed by atoms with E-state index in [0.717, 1.165) is 30.5 Å². The zero-order valence-corrected chi connectivity index (χ0v) is 13.7. The third-order valence-electron chi connectivity index (χ3n) is 4.47. The molecule has 0 unspecified atom stereocenters. The number of nitrogens with zero attached hydrogens (tertiary/aromatic N) is 3. The van der Waals surface area contributed by atoms with Gasteiger partial charge in [0.05, 0.1) is 11.7 Å². The third kappa shape index (κ3) is 2.64. The maximum atomic E-state index is 12.7. The molecular formula is C16H14Cl2N4O. The van der Waals surface area contributed by atoms with Crippen molar-refractivity contribution >= 4 is 34.9 Å². The Morgan fingerprint density at radius 3 is 2.78 bits per heavy atom. The fraction of sp³-hybridized carbons (Fsp3) is 0.312. The topological polar surface area (TPSA) is 58.1 Å². The van der Waals surface area contributed by atoms with Gasteiger partial charge < -0.3 is 10.2 Å². The molecule has 0 aliphatic carbocycles. The van der Waals surface area contributed by atoms with Crippen LogP contribution in [0.3, 0.4) is 0 Å². The maximum absolute atomic E-state index is 12.7. The van der Waals surface area contributed by atoms with Crippen molar-refractivity contribution in [2.75, 3.05) is 5.32 Å². The summed E-state index contributed by atoms with van der Waals surface area (Å²) in [5, 5.41) is 3.89. The van der Waals surface area contributed by atoms with Gasteiger partial charge in [-0.3, -0.25) is 0 Å². The molecule has 2 atom stereocenters. The van der Waals surface area contributed by atoms with Gasteiger partial charge in [0.1, 0.15) is 6.33 Å². The average Bonchev–Trinajstić information content (AvgIpc) is 2.82. The van der Waals surface area contributed by atoms with E-state index in [2.05, 4.69) is 15.3 Å². The van der Waals surface area contributed by atoms with Crippen molar-refractivity contribution < 1.29 is 4.79 Å². The number of rotatable bonds is 1. The second-order valence-corrected chi connectivity index (χ2v) is 6.74. The number of fused-ring (bicyclic) bond motifs is 4. The minimum Gasteiger partial charge on any atom is -0.314 e. The molecule has 7 heteroatoms. The lowest BCUT2D eigenvalue weighted by atomic mass is 10.00. The van der Waals surface area contributed by atoms with Gasteiger partial charge in [-0.2, -0.15) is 0 Å². The van der Waals surface area contributed by atoms with Crippen LogP contribution in [0, 0.1) is 0 Å². The van der Waals surface area contributed by atoms with Gasteiger partial charge in [-0.05, 0) is 31.0 Å². The van der Waals surface area contributed by atoms with E-state index >= 15 is 0 Å². The molecule has 2 aliphatic heterocycles. The SMILES string of the molecule is O=C(Nc1cc(Cl)cc(Cl)c1)N1[C@@H]2CC[C@H]1c1cncnc1C2. The summed E-state index contributed by atoms with van der Waals surface area (Å²) >= 11 is 12.0. The van der Waals surface area contributed by atoms with Crippen molar-refractivity contribution in [3.8, 4) is 0 Å². The Balaban J connectivity index is 1.60. The second-order valence-electron chi connectivity index (χ2n) is 5.87. The minimum atomic E-state index is -0.134. The first-order chi connectivity index (χ1) is 11.1. The Hall–Kier alpha value is -1.85. The number of nitrogens with one attached hydrogen (secondary N) is 1. The number of halogens is 2. The molecule has 4 rings (SSSR count). The standard InChI is InChI=1S/C16H14Cl2N4O/c17-9-3-10(18)5-11(4-9)21-16(23)22-12-1-2-15(22)13-7-19-8-20-14(13)6-12/h3-5,7-8,12,15H,1-2,6H2,(H,21,23)/t12-,15+/m1/s1. The highest BCUT2D eigenvalue weighted by atomic mass is 35.5. The molecule has 2 aromatic rings. The van der Waals surface area contributed by atoms with Crippen LogP contribution in [-0.4, -0.2) is 26.9 Å². The van der Waals surface area contributed by atoms with Gasteiger partial charge >= 0.3 is 6.03 Å². The van der Waals surface area contributed by atoms with E-state index in [1.165, 1.54) is 0 Å². The Morgan fingerprint density at radius 2 is 2.00 bits per heavy atom. The van der Waals surface area contributed by atoms with Crippen LogP contribution in [0.4, 0.5) is 10.5 Å². The highest BCUT2D eigenvalue weighted by molar-refractivity contribution is 6.35. The molecule has 1 fully saturated rings. The number of aromatic nitrogens is 2. The van der Waals surface area contributed by atoms with Crippen LogP contribution in [0.25, 0.3) is 0 Å². The van der Waals surface area contributed by atoms with Crippen LogP contribution in [0.2, 0.25) is 10.0 Å². The predicted molar refractivity (Wildman–Crippen MR) is 88.8 cm³/mol. The predicted octanol–water partition coefficient (Wildman–Crippen LogP) is 4.08. The van der Waals surface area contributed by atoms with E-state index in [0.29, 0.717) is 15.7 Å². The third-order valence-corrected chi connectivity index (χ3v) is 4.90. The summed E-state index contributed by atoms with van der Waals surface area (Å²) in [6, 6.07) is 5.10. The fourth-order valence-electron chi connectivity index (χ4n) is 3.55. The van der Waals surface area contributed by atoms with Crippen molar-refractivity contribution in [3.63, 3.8) is 0 Å². The number of carbonyl (C=O) groups is 1. The van der Waals surface area contributed by atoms with Crippen molar-refractivity contribution in [1.29, 1.82) is 0 Å². The first-order valence-corrected chi connectivity index (χ1v) is 8.21. The van der Waals surface area contributed by atoms with E-state index in [-0.39, 0.29) is 18.1 Å². The molecule has 23 heavy (non-hydrogen) atoms. The normalized spacial score (nSPS) is 21.9. The minimum absolute atomic E-state index is 0.0413. The molecule has 3 heterocycles. The molecule has 5 nitrogen and oxygen atoms in total. The summed E-state index contributed by atoms with van der Waals surface area (Å²) in [5.41, 5.74) is 2.71. The molecular weight excluding hydrogens is 335 g/mol. The molecule has 118 valence electrons. The van der Waals surface area contributed by atoms with Crippen LogP contribution in [0.15, 0.2) is 30.7 Å². The van der Waals surface area contributed by atoms with Crippen LogP contribution in [-0.2, 0) is 6.42 Å². The lowest BCUT2D eigenvalue weighted by molar-refractivity contribution is 0.178. The Kier molecular flexibility index (Phi) is 3.62. The number of benzene rings is 1. The summed E-state index contributed by atoms with van der Waals surface area (Å²) in [6.07, 6.45) is 6.09. The summed E-state index contributed by atoms with van der Waals surface area (Å²) < 4.78 is 0. The number of urea groups is 1. The fourth-order valence-corrected chi connectivity index (χ4v) is 4.07. The summed E-state index contributed by atoms with van der Waals surface area (Å²) in [7, 11) is 0. The van der Waals surface area contributed by atoms with E-state index in [1.807, 2.05) is 11.1 Å². The molecule has 1 aromatic heterocycles. The Labute approximate surface area is 143 Å². The molecule has 1 aromatic carbocycles. The smallest absolute Gasteiger partial charge is 0.314 e. The molecule has 0 radical (unpaired) electrons. The van der Waals surface area contributed by atoms with Gasteiger partial charge in [0, 0.05) is 40.0 Å². The van der Waals surface area contributed by atoms with Crippen molar-refractivity contribution in [1.82, 2.24) is 14.9 Å². The molecule has 0 spiro atoms. The number of carbonyl (C=O) groups excluding carboxylic acids is 1. The monoisotopic (exact) mass is 348 g/mol. The molecule has 1 saturated heterocycles. The molecule has 0 saturated carbocycles. The zero-order valence-electron chi connectivity index (χ0n) is 12.2. The second kappa shape index (κ2) is 5.65. The molecule has 2 aliphatic rings. The Bertz CT molecular complexity index is 762. The highest BCUT2D eigenvalue weighted by Crippen LogP contribution is 2.43. The van der Waals surface area contributed by atoms with Crippen LogP contribution in [0.5, 0.6) is 0 Å². The summed E-state index contributed by atoms with van der Waals surface area (Å²) in [5.74, 6) is 0. The number of anilines is 1. The lowest BCUT2D eigenvalue weighted by Crippen LogP contribution is -2.44. The van der Waals surface area contributed by atoms with Gasteiger partial charge in [-0.25, -0.2) is 14.8 Å². The van der Waals surface area contributed by atoms with Gasteiger partial charge in [0.2, 0.25) is 0 Å².